The first-order valence-corrected chi connectivity index (χ1v) is 10.2. The van der Waals surface area contributed by atoms with Gasteiger partial charge in [-0.1, -0.05) is 67.3 Å². The lowest BCUT2D eigenvalue weighted by atomic mass is 10.0. The van der Waals surface area contributed by atoms with Gasteiger partial charge in [0.2, 0.25) is 0 Å². The van der Waals surface area contributed by atoms with Crippen molar-refractivity contribution in [3.63, 3.8) is 0 Å². The van der Waals surface area contributed by atoms with Crippen LogP contribution in [0.25, 0.3) is 0 Å². The van der Waals surface area contributed by atoms with Gasteiger partial charge in [0, 0.05) is 18.1 Å². The molecular weight excluding hydrogens is 266 g/mol. The second-order valence-electron chi connectivity index (χ2n) is 6.01. The van der Waals surface area contributed by atoms with Crippen molar-refractivity contribution in [2.24, 2.45) is 0 Å². The minimum Gasteiger partial charge on any atom is -0.258 e. The molecule has 0 aliphatic rings. The molecule has 4 heteroatoms. The molecule has 0 fully saturated rings. The Balaban J connectivity index is 2.25. The fourth-order valence-corrected chi connectivity index (χ4v) is 3.35. The zero-order chi connectivity index (χ0) is 14.8. The third-order valence-corrected chi connectivity index (χ3v) is 5.47. The molecule has 0 N–H and O–H groups in total. The Morgan fingerprint density at radius 3 is 2.15 bits per heavy atom. The molecule has 0 saturated carbocycles. The Kier molecular flexibility index (Phi) is 4.04. The number of hydrogen-bond donors (Lipinski definition) is 0. The van der Waals surface area contributed by atoms with Crippen LogP contribution in [0.4, 0.5) is 5.69 Å². The first-order valence-electron chi connectivity index (χ1n) is 6.69. The van der Waals surface area contributed by atoms with E-state index in [1.54, 1.807) is 12.1 Å². The van der Waals surface area contributed by atoms with Crippen LogP contribution in [0.5, 0.6) is 0 Å². The van der Waals surface area contributed by atoms with E-state index in [1.165, 1.54) is 5.19 Å². The van der Waals surface area contributed by atoms with Crippen molar-refractivity contribution in [2.75, 3.05) is 0 Å². The van der Waals surface area contributed by atoms with E-state index < -0.39 is 8.07 Å². The van der Waals surface area contributed by atoms with Crippen LogP contribution < -0.4 is 5.19 Å². The molecule has 0 heterocycles. The van der Waals surface area contributed by atoms with Crippen LogP contribution in [0.2, 0.25) is 19.6 Å². The topological polar surface area (TPSA) is 43.1 Å². The maximum absolute atomic E-state index is 11.0. The summed E-state index contributed by atoms with van der Waals surface area (Å²) < 4.78 is 0. The Morgan fingerprint density at radius 1 is 1.00 bits per heavy atom. The molecule has 0 unspecified atom stereocenters. The second kappa shape index (κ2) is 5.59. The lowest BCUT2D eigenvalue weighted by Gasteiger charge is -2.16. The number of nitro benzene ring substituents is 1. The monoisotopic (exact) mass is 285 g/mol. The van der Waals surface area contributed by atoms with Crippen molar-refractivity contribution in [3.05, 3.63) is 69.8 Å². The first kappa shape index (κ1) is 14.5. The largest absolute Gasteiger partial charge is 0.272 e. The normalized spacial score (nSPS) is 11.3. The Labute approximate surface area is 120 Å². The Hall–Kier alpha value is -1.94. The predicted octanol–water partition coefficient (Wildman–Crippen LogP) is 3.73. The number of rotatable bonds is 4. The molecule has 0 radical (unpaired) electrons. The van der Waals surface area contributed by atoms with E-state index in [9.17, 15) is 10.1 Å². The molecule has 2 aromatic carbocycles. The van der Waals surface area contributed by atoms with E-state index in [2.05, 4.69) is 43.9 Å². The smallest absolute Gasteiger partial charge is 0.258 e. The van der Waals surface area contributed by atoms with Crippen LogP contribution >= 0.6 is 0 Å². The molecule has 0 aliphatic carbocycles. The van der Waals surface area contributed by atoms with Gasteiger partial charge in [0.1, 0.15) is 0 Å². The molecule has 3 nitrogen and oxygen atoms in total. The van der Waals surface area contributed by atoms with Crippen molar-refractivity contribution < 1.29 is 4.92 Å². The number of nitro groups is 1. The summed E-state index contributed by atoms with van der Waals surface area (Å²) in [7, 11) is -1.29. The van der Waals surface area contributed by atoms with Crippen molar-refractivity contribution in [1.29, 1.82) is 0 Å². The van der Waals surface area contributed by atoms with Gasteiger partial charge in [0.05, 0.1) is 13.0 Å². The van der Waals surface area contributed by atoms with E-state index in [0.717, 1.165) is 11.1 Å². The van der Waals surface area contributed by atoms with Crippen molar-refractivity contribution >= 4 is 18.9 Å². The van der Waals surface area contributed by atoms with Crippen LogP contribution in [0.1, 0.15) is 11.1 Å². The van der Waals surface area contributed by atoms with E-state index in [1.807, 2.05) is 12.1 Å². The minimum absolute atomic E-state index is 0.196. The van der Waals surface area contributed by atoms with Crippen molar-refractivity contribution in [1.82, 2.24) is 0 Å². The zero-order valence-electron chi connectivity index (χ0n) is 12.1. The summed E-state index contributed by atoms with van der Waals surface area (Å²) >= 11 is 0. The molecule has 0 bridgehead atoms. The molecular formula is C16H19NO2Si. The highest BCUT2D eigenvalue weighted by atomic mass is 28.3. The molecule has 0 aromatic heterocycles. The maximum atomic E-state index is 11.0. The highest BCUT2D eigenvalue weighted by molar-refractivity contribution is 6.88. The first-order chi connectivity index (χ1) is 9.38. The molecule has 2 aromatic rings. The molecule has 104 valence electrons. The van der Waals surface area contributed by atoms with Gasteiger partial charge in [0.15, 0.2) is 0 Å². The van der Waals surface area contributed by atoms with E-state index in [0.29, 0.717) is 6.42 Å². The summed E-state index contributed by atoms with van der Waals surface area (Å²) in [5.74, 6) is 0. The highest BCUT2D eigenvalue weighted by Crippen LogP contribution is 2.21. The average molecular weight is 285 g/mol. The number of para-hydroxylation sites is 1. The molecule has 0 aliphatic heterocycles. The molecule has 2 rings (SSSR count). The summed E-state index contributed by atoms with van der Waals surface area (Å²) in [5.41, 5.74) is 2.07. The SMILES string of the molecule is C[Si](C)(C)c1ccc(Cc2ccccc2[N+](=O)[O-])cc1. The highest BCUT2D eigenvalue weighted by Gasteiger charge is 2.16. The Bertz CT molecular complexity index is 615. The van der Waals surface area contributed by atoms with Crippen LogP contribution in [0, 0.1) is 10.1 Å². The predicted molar refractivity (Wildman–Crippen MR) is 85.3 cm³/mol. The number of hydrogen-bond acceptors (Lipinski definition) is 2. The summed E-state index contributed by atoms with van der Waals surface area (Å²) in [4.78, 5) is 10.7. The van der Waals surface area contributed by atoms with Gasteiger partial charge in [-0.05, 0) is 5.56 Å². The lowest BCUT2D eigenvalue weighted by Crippen LogP contribution is -2.37. The van der Waals surface area contributed by atoms with Gasteiger partial charge in [-0.3, -0.25) is 10.1 Å². The van der Waals surface area contributed by atoms with Gasteiger partial charge in [-0.2, -0.15) is 0 Å². The number of benzene rings is 2. The molecule has 0 atom stereocenters. The average Bonchev–Trinajstić information content (AvgIpc) is 2.38. The fraction of sp³-hybridized carbons (Fsp3) is 0.250. The zero-order valence-corrected chi connectivity index (χ0v) is 13.1. The van der Waals surface area contributed by atoms with Crippen LogP contribution in [0.15, 0.2) is 48.5 Å². The third-order valence-electron chi connectivity index (χ3n) is 3.40. The minimum atomic E-state index is -1.29. The summed E-state index contributed by atoms with van der Waals surface area (Å²) in [6.45, 7) is 6.93. The molecule has 20 heavy (non-hydrogen) atoms. The van der Waals surface area contributed by atoms with Gasteiger partial charge in [-0.25, -0.2) is 0 Å². The molecule has 0 saturated heterocycles. The quantitative estimate of drug-likeness (QED) is 0.488. The standard InChI is InChI=1S/C16H19NO2Si/c1-20(2,3)15-10-8-13(9-11-15)12-14-6-4-5-7-16(14)17(18)19/h4-11H,12H2,1-3H3. The second-order valence-corrected chi connectivity index (χ2v) is 11.1. The van der Waals surface area contributed by atoms with Gasteiger partial charge >= 0.3 is 0 Å². The van der Waals surface area contributed by atoms with Gasteiger partial charge < -0.3 is 0 Å². The lowest BCUT2D eigenvalue weighted by molar-refractivity contribution is -0.385. The van der Waals surface area contributed by atoms with Crippen LogP contribution in [0.3, 0.4) is 0 Å². The van der Waals surface area contributed by atoms with E-state index >= 15 is 0 Å². The van der Waals surface area contributed by atoms with Crippen LogP contribution in [-0.2, 0) is 6.42 Å². The molecule has 0 spiro atoms. The summed E-state index contributed by atoms with van der Waals surface area (Å²) in [6.07, 6.45) is 0.600. The van der Waals surface area contributed by atoms with E-state index in [-0.39, 0.29) is 10.6 Å². The van der Waals surface area contributed by atoms with Crippen LogP contribution in [-0.4, -0.2) is 13.0 Å². The molecule has 0 amide bonds. The third kappa shape index (κ3) is 3.33. The number of nitrogens with zero attached hydrogens (tertiary/aromatic N) is 1. The van der Waals surface area contributed by atoms with Gasteiger partial charge in [-0.15, -0.1) is 0 Å². The fourth-order valence-electron chi connectivity index (χ4n) is 2.18. The summed E-state index contributed by atoms with van der Waals surface area (Å²) in [6, 6.07) is 15.4. The van der Waals surface area contributed by atoms with Crippen molar-refractivity contribution in [3.8, 4) is 0 Å². The van der Waals surface area contributed by atoms with E-state index in [4.69, 9.17) is 0 Å². The summed E-state index contributed by atoms with van der Waals surface area (Å²) in [5, 5.41) is 12.4. The van der Waals surface area contributed by atoms with Crippen molar-refractivity contribution in [2.45, 2.75) is 26.1 Å². The van der Waals surface area contributed by atoms with Gasteiger partial charge in [0.25, 0.3) is 5.69 Å². The Morgan fingerprint density at radius 2 is 1.60 bits per heavy atom. The maximum Gasteiger partial charge on any atom is 0.272 e.